The van der Waals surface area contributed by atoms with Crippen LogP contribution in [0.2, 0.25) is 0 Å². The number of amides is 4. The minimum Gasteiger partial charge on any atom is -0.491 e. The zero-order valence-corrected chi connectivity index (χ0v) is 35.6. The number of hydrogen-bond donors (Lipinski definition) is 5. The van der Waals surface area contributed by atoms with E-state index >= 15 is 0 Å². The van der Waals surface area contributed by atoms with Crippen LogP contribution in [0.15, 0.2) is 91.1 Å². The molecule has 1 aliphatic carbocycles. The van der Waals surface area contributed by atoms with E-state index in [0.717, 1.165) is 17.0 Å². The number of rotatable bonds is 18. The number of para-hydroxylation sites is 1. The second kappa shape index (κ2) is 21.1. The summed E-state index contributed by atoms with van der Waals surface area (Å²) in [5.41, 5.74) is 2.33. The highest BCUT2D eigenvalue weighted by Crippen LogP contribution is 2.33. The molecule has 0 bridgehead atoms. The molecular formula is C47H52N6O10. The molecule has 1 aromatic heterocycles. The van der Waals surface area contributed by atoms with E-state index in [4.69, 9.17) is 19.3 Å². The average molecular weight is 861 g/mol. The van der Waals surface area contributed by atoms with Crippen molar-refractivity contribution in [2.24, 2.45) is 17.8 Å². The predicted molar refractivity (Wildman–Crippen MR) is 239 cm³/mol. The lowest BCUT2D eigenvalue weighted by molar-refractivity contribution is -0.385. The number of aliphatic hydroxyl groups excluding tert-OH is 1. The smallest absolute Gasteiger partial charge is 0.310 e. The van der Waals surface area contributed by atoms with Crippen molar-refractivity contribution in [3.05, 3.63) is 118 Å². The van der Waals surface area contributed by atoms with E-state index in [9.17, 15) is 29.3 Å². The van der Waals surface area contributed by atoms with Crippen molar-refractivity contribution >= 4 is 57.3 Å². The predicted octanol–water partition coefficient (Wildman–Crippen LogP) is 8.02. The SMILES string of the molecule is CC(C)COc1cc(C(=O)Nc2ccc(C(=O)NC3CCC(C(=O)Nc4cnc5ccccc5c4)CC3)cc2OCC(C)C)ccc1NC(=O)c1ccc([N+](=O)[O-])c(OCCO)c1. The highest BCUT2D eigenvalue weighted by Gasteiger charge is 2.28. The first kappa shape index (κ1) is 45.5. The third kappa shape index (κ3) is 12.3. The highest BCUT2D eigenvalue weighted by molar-refractivity contribution is 6.08. The molecule has 16 nitrogen and oxygen atoms in total. The Morgan fingerprint density at radius 1 is 0.714 bits per heavy atom. The van der Waals surface area contributed by atoms with Gasteiger partial charge in [-0.3, -0.25) is 34.3 Å². The molecule has 0 aliphatic heterocycles. The van der Waals surface area contributed by atoms with Gasteiger partial charge in [0.15, 0.2) is 5.75 Å². The van der Waals surface area contributed by atoms with Crippen LogP contribution in [0, 0.1) is 27.9 Å². The van der Waals surface area contributed by atoms with Gasteiger partial charge in [0, 0.05) is 46.2 Å². The second-order valence-electron chi connectivity index (χ2n) is 16.2. The van der Waals surface area contributed by atoms with Crippen LogP contribution in [0.25, 0.3) is 10.9 Å². The van der Waals surface area contributed by atoms with E-state index in [0.29, 0.717) is 55.0 Å². The molecule has 4 amide bonds. The monoisotopic (exact) mass is 860 g/mol. The number of nitrogens with one attached hydrogen (secondary N) is 4. The van der Waals surface area contributed by atoms with Crippen LogP contribution in [0.4, 0.5) is 22.7 Å². The molecule has 0 saturated heterocycles. The molecule has 6 rings (SSSR count). The van der Waals surface area contributed by atoms with E-state index in [1.54, 1.807) is 24.4 Å². The summed E-state index contributed by atoms with van der Waals surface area (Å²) < 4.78 is 17.4. The minimum atomic E-state index is -0.648. The van der Waals surface area contributed by atoms with E-state index in [-0.39, 0.29) is 89.4 Å². The Balaban J connectivity index is 1.11. The van der Waals surface area contributed by atoms with Crippen molar-refractivity contribution in [1.29, 1.82) is 0 Å². The summed E-state index contributed by atoms with van der Waals surface area (Å²) in [5, 5.41) is 33.3. The molecule has 0 atom stereocenters. The van der Waals surface area contributed by atoms with E-state index in [2.05, 4.69) is 26.3 Å². The van der Waals surface area contributed by atoms with Gasteiger partial charge in [-0.15, -0.1) is 0 Å². The first-order valence-corrected chi connectivity index (χ1v) is 20.9. The molecular weight excluding hydrogens is 809 g/mol. The van der Waals surface area contributed by atoms with E-state index in [1.807, 2.05) is 58.0 Å². The first-order chi connectivity index (χ1) is 30.3. The van der Waals surface area contributed by atoms with Crippen molar-refractivity contribution < 1.29 is 43.4 Å². The van der Waals surface area contributed by atoms with Crippen LogP contribution < -0.4 is 35.5 Å². The first-order valence-electron chi connectivity index (χ1n) is 20.9. The molecule has 330 valence electrons. The molecule has 0 unspecified atom stereocenters. The zero-order valence-electron chi connectivity index (χ0n) is 35.6. The molecule has 0 spiro atoms. The maximum absolute atomic E-state index is 13.8. The van der Waals surface area contributed by atoms with Crippen molar-refractivity contribution in [2.45, 2.75) is 59.4 Å². The summed E-state index contributed by atoms with van der Waals surface area (Å²) in [4.78, 5) is 69.0. The number of pyridine rings is 1. The van der Waals surface area contributed by atoms with Gasteiger partial charge >= 0.3 is 5.69 Å². The van der Waals surface area contributed by atoms with Gasteiger partial charge in [0.1, 0.15) is 18.1 Å². The maximum Gasteiger partial charge on any atom is 0.310 e. The van der Waals surface area contributed by atoms with E-state index in [1.165, 1.54) is 30.3 Å². The summed E-state index contributed by atoms with van der Waals surface area (Å²) in [6.45, 7) is 7.86. The molecule has 0 radical (unpaired) electrons. The van der Waals surface area contributed by atoms with Crippen LogP contribution in [0.5, 0.6) is 17.2 Å². The summed E-state index contributed by atoms with van der Waals surface area (Å²) in [6, 6.07) is 22.5. The number of carbonyl (C=O) groups excluding carboxylic acids is 4. The van der Waals surface area contributed by atoms with Gasteiger partial charge < -0.3 is 40.6 Å². The van der Waals surface area contributed by atoms with Crippen LogP contribution in [0.1, 0.15) is 84.5 Å². The Labute approximate surface area is 364 Å². The molecule has 1 fully saturated rings. The van der Waals surface area contributed by atoms with Crippen molar-refractivity contribution in [2.75, 3.05) is 42.4 Å². The quantitative estimate of drug-likeness (QED) is 0.0419. The normalized spacial score (nSPS) is 14.8. The second-order valence-corrected chi connectivity index (χ2v) is 16.2. The molecule has 1 saturated carbocycles. The fourth-order valence-corrected chi connectivity index (χ4v) is 6.90. The van der Waals surface area contributed by atoms with Crippen LogP contribution in [-0.2, 0) is 4.79 Å². The van der Waals surface area contributed by atoms with Crippen LogP contribution in [0.3, 0.4) is 0 Å². The Kier molecular flexibility index (Phi) is 15.3. The van der Waals surface area contributed by atoms with Gasteiger partial charge in [-0.25, -0.2) is 0 Å². The Morgan fingerprint density at radius 2 is 1.27 bits per heavy atom. The Bertz CT molecular complexity index is 2470. The fraction of sp³-hybridized carbons (Fsp3) is 0.340. The number of nitrogens with zero attached hydrogens (tertiary/aromatic N) is 2. The average Bonchev–Trinajstić information content (AvgIpc) is 3.27. The number of nitro groups is 1. The molecule has 4 aromatic carbocycles. The topological polar surface area (TPSA) is 220 Å². The van der Waals surface area contributed by atoms with Gasteiger partial charge in [-0.05, 0) is 92.1 Å². The fourth-order valence-electron chi connectivity index (χ4n) is 6.90. The minimum absolute atomic E-state index is 0.0550. The van der Waals surface area contributed by atoms with Crippen LogP contribution in [-0.4, -0.2) is 71.1 Å². The molecule has 63 heavy (non-hydrogen) atoms. The largest absolute Gasteiger partial charge is 0.491 e. The number of ether oxygens (including phenoxy) is 3. The van der Waals surface area contributed by atoms with Gasteiger partial charge in [-0.1, -0.05) is 45.9 Å². The summed E-state index contributed by atoms with van der Waals surface area (Å²) in [7, 11) is 0. The third-order valence-corrected chi connectivity index (χ3v) is 10.2. The number of anilines is 3. The lowest BCUT2D eigenvalue weighted by Crippen LogP contribution is -2.39. The number of hydrogen-bond acceptors (Lipinski definition) is 11. The Morgan fingerprint density at radius 3 is 1.84 bits per heavy atom. The molecule has 1 aliphatic rings. The highest BCUT2D eigenvalue weighted by atomic mass is 16.6. The number of aliphatic hydroxyl groups is 1. The number of aromatic nitrogens is 1. The summed E-state index contributed by atoms with van der Waals surface area (Å²) in [6.07, 6.45) is 4.16. The lowest BCUT2D eigenvalue weighted by atomic mass is 9.85. The van der Waals surface area contributed by atoms with Gasteiger partial charge in [0.25, 0.3) is 17.7 Å². The van der Waals surface area contributed by atoms with Crippen molar-refractivity contribution in [1.82, 2.24) is 10.3 Å². The maximum atomic E-state index is 13.8. The molecule has 16 heteroatoms. The van der Waals surface area contributed by atoms with Gasteiger partial charge in [0.2, 0.25) is 5.91 Å². The Hall–Kier alpha value is -7.07. The molecule has 5 N–H and O–H groups in total. The summed E-state index contributed by atoms with van der Waals surface area (Å²) in [5.74, 6) is -1.09. The number of carbonyl (C=O) groups is 4. The molecule has 5 aromatic rings. The number of fused-ring (bicyclic) bond motifs is 1. The number of benzene rings is 4. The zero-order chi connectivity index (χ0) is 45.0. The summed E-state index contributed by atoms with van der Waals surface area (Å²) >= 11 is 0. The van der Waals surface area contributed by atoms with E-state index < -0.39 is 16.7 Å². The standard InChI is InChI=1S/C47H52N6O10/c1-28(2)26-62-41-22-32(45(56)49-35-14-9-30(10-15-35)44(55)50-36-21-31-7-5-6-8-37(31)48-25-36)11-16-38(41)51-46(57)33-12-17-39(42(23-33)63-27-29(3)4)52-47(58)34-13-18-40(53(59)60)43(24-34)61-20-19-54/h5-8,11-13,16-18,21-25,28-30,35,54H,9-10,14-15,19-20,26-27H2,1-4H3,(H,49,56)(H,50,55)(H,51,57)(H,52,58). The number of nitro benzene ring substituents is 1. The van der Waals surface area contributed by atoms with Crippen LogP contribution >= 0.6 is 0 Å². The lowest BCUT2D eigenvalue weighted by Gasteiger charge is -2.28. The van der Waals surface area contributed by atoms with Gasteiger partial charge in [0.05, 0.1) is 53.5 Å². The van der Waals surface area contributed by atoms with Gasteiger partial charge in [-0.2, -0.15) is 0 Å². The van der Waals surface area contributed by atoms with Crippen molar-refractivity contribution in [3.8, 4) is 17.2 Å². The molecule has 1 heterocycles. The third-order valence-electron chi connectivity index (χ3n) is 10.2. The van der Waals surface area contributed by atoms with Crippen molar-refractivity contribution in [3.63, 3.8) is 0 Å².